The largest absolute Gasteiger partial charge is 0.301 e. The molecule has 0 heterocycles. The van der Waals surface area contributed by atoms with Crippen molar-refractivity contribution in [2.75, 3.05) is 6.26 Å². The number of carbonyl (C=O) groups is 1. The summed E-state index contributed by atoms with van der Waals surface area (Å²) in [6.07, 6.45) is 0.168. The Labute approximate surface area is 126 Å². The highest BCUT2D eigenvalue weighted by Crippen LogP contribution is 2.10. The third-order valence-electron chi connectivity index (χ3n) is 2.21. The summed E-state index contributed by atoms with van der Waals surface area (Å²) < 4.78 is 27.5. The number of halogens is 1. The summed E-state index contributed by atoms with van der Waals surface area (Å²) >= 11 is 2.12. The summed E-state index contributed by atoms with van der Waals surface area (Å²) in [4.78, 5) is 11.9. The molecule has 0 amide bonds. The number of carbonyl (C=O) groups excluding carboxylic acids is 1. The van der Waals surface area contributed by atoms with Crippen molar-refractivity contribution in [1.82, 2.24) is 0 Å². The van der Waals surface area contributed by atoms with Gasteiger partial charge in [-0.25, -0.2) is 0 Å². The molecular formula is C12H14INO4S. The topological polar surface area (TPSA) is 84.3 Å². The highest BCUT2D eigenvalue weighted by atomic mass is 127. The van der Waals surface area contributed by atoms with Crippen LogP contribution < -0.4 is 0 Å². The van der Waals surface area contributed by atoms with Crippen LogP contribution in [0, 0.1) is 8.98 Å². The van der Waals surface area contributed by atoms with Gasteiger partial charge in [0, 0.05) is 15.6 Å². The summed E-state index contributed by atoms with van der Waals surface area (Å²) in [6.45, 7) is 1.51. The molecule has 0 unspecified atom stereocenters. The van der Waals surface area contributed by atoms with Gasteiger partial charge >= 0.3 is 0 Å². The predicted octanol–water partition coefficient (Wildman–Crippen LogP) is 2.25. The highest BCUT2D eigenvalue weighted by molar-refractivity contribution is 14.1. The van der Waals surface area contributed by atoms with Crippen molar-refractivity contribution < 1.29 is 17.4 Å². The summed E-state index contributed by atoms with van der Waals surface area (Å²) in [6, 6.07) is 6.83. The van der Waals surface area contributed by atoms with Gasteiger partial charge in [0.2, 0.25) is 5.78 Å². The van der Waals surface area contributed by atoms with Crippen molar-refractivity contribution in [3.05, 3.63) is 33.4 Å². The van der Waals surface area contributed by atoms with Crippen LogP contribution >= 0.6 is 22.6 Å². The fourth-order valence-electron chi connectivity index (χ4n) is 1.49. The van der Waals surface area contributed by atoms with E-state index >= 15 is 0 Å². The Morgan fingerprint density at radius 2 is 1.89 bits per heavy atom. The van der Waals surface area contributed by atoms with Crippen LogP contribution in [0.3, 0.4) is 0 Å². The Balaban J connectivity index is 2.68. The van der Waals surface area contributed by atoms with Gasteiger partial charge in [-0.15, -0.1) is 0 Å². The molecule has 5 nitrogen and oxygen atoms in total. The molecule has 1 atom stereocenters. The monoisotopic (exact) mass is 395 g/mol. The molecule has 19 heavy (non-hydrogen) atoms. The number of hydrogen-bond donors (Lipinski definition) is 1. The standard InChI is InChI=1S/C12H14INO4S/c1-8(18-19(2,16)17)7-11(14)12(15)9-3-5-10(13)6-4-9/h3-6,8,14H,7H2,1-2H3/t8-/m1/s1. The molecule has 1 N–H and O–H groups in total. The van der Waals surface area contributed by atoms with E-state index in [1.54, 1.807) is 24.3 Å². The Kier molecular flexibility index (Phi) is 5.63. The molecule has 0 saturated heterocycles. The minimum absolute atomic E-state index is 0.0438. The summed E-state index contributed by atoms with van der Waals surface area (Å²) in [5.74, 6) is -0.416. The summed E-state index contributed by atoms with van der Waals surface area (Å²) in [5.41, 5.74) is 0.245. The van der Waals surface area contributed by atoms with Crippen molar-refractivity contribution in [2.24, 2.45) is 0 Å². The van der Waals surface area contributed by atoms with Crippen LogP contribution in [0.15, 0.2) is 24.3 Å². The van der Waals surface area contributed by atoms with Crippen molar-refractivity contribution in [3.8, 4) is 0 Å². The van der Waals surface area contributed by atoms with E-state index in [1.807, 2.05) is 0 Å². The first-order valence-corrected chi connectivity index (χ1v) is 8.34. The number of nitrogens with one attached hydrogen (secondary N) is 1. The molecule has 0 aliphatic rings. The second-order valence-corrected chi connectivity index (χ2v) is 6.98. The van der Waals surface area contributed by atoms with Crippen LogP contribution in [-0.4, -0.2) is 32.3 Å². The van der Waals surface area contributed by atoms with Crippen molar-refractivity contribution in [2.45, 2.75) is 19.4 Å². The number of benzene rings is 1. The first-order chi connectivity index (χ1) is 8.69. The zero-order valence-electron chi connectivity index (χ0n) is 10.5. The van der Waals surface area contributed by atoms with Crippen molar-refractivity contribution in [3.63, 3.8) is 0 Å². The number of rotatable bonds is 6. The van der Waals surface area contributed by atoms with E-state index in [2.05, 4.69) is 22.6 Å². The molecule has 0 aliphatic carbocycles. The maximum absolute atomic E-state index is 11.9. The molecule has 0 radical (unpaired) electrons. The molecule has 1 aromatic rings. The molecule has 0 bridgehead atoms. The van der Waals surface area contributed by atoms with Crippen LogP contribution in [0.2, 0.25) is 0 Å². The number of Topliss-reactive ketones (excluding diaryl/α,β-unsaturated/α-hetero) is 1. The van der Waals surface area contributed by atoms with Crippen molar-refractivity contribution in [1.29, 1.82) is 5.41 Å². The van der Waals surface area contributed by atoms with E-state index in [0.717, 1.165) is 9.83 Å². The average molecular weight is 395 g/mol. The second kappa shape index (κ2) is 6.58. The normalized spacial score (nSPS) is 13.0. The van der Waals surface area contributed by atoms with E-state index in [4.69, 9.17) is 9.59 Å². The van der Waals surface area contributed by atoms with E-state index < -0.39 is 22.0 Å². The fourth-order valence-corrected chi connectivity index (χ4v) is 2.51. The predicted molar refractivity (Wildman–Crippen MR) is 81.2 cm³/mol. The lowest BCUT2D eigenvalue weighted by atomic mass is 10.0. The van der Waals surface area contributed by atoms with Crippen LogP contribution in [0.4, 0.5) is 0 Å². The maximum atomic E-state index is 11.9. The van der Waals surface area contributed by atoms with E-state index in [1.165, 1.54) is 6.92 Å². The van der Waals surface area contributed by atoms with Gasteiger partial charge in [-0.3, -0.25) is 8.98 Å². The molecule has 0 saturated carbocycles. The Bertz CT molecular complexity index is 580. The van der Waals surface area contributed by atoms with Crippen LogP contribution in [0.25, 0.3) is 0 Å². The Morgan fingerprint density at radius 1 is 1.37 bits per heavy atom. The maximum Gasteiger partial charge on any atom is 0.264 e. The molecule has 0 fully saturated rings. The smallest absolute Gasteiger partial charge is 0.264 e. The molecule has 0 spiro atoms. The number of hydrogen-bond acceptors (Lipinski definition) is 5. The van der Waals surface area contributed by atoms with Crippen LogP contribution in [0.5, 0.6) is 0 Å². The third-order valence-corrected chi connectivity index (χ3v) is 3.61. The highest BCUT2D eigenvalue weighted by Gasteiger charge is 2.18. The van der Waals surface area contributed by atoms with Gasteiger partial charge in [-0.05, 0) is 53.8 Å². The fraction of sp³-hybridized carbons (Fsp3) is 0.333. The molecule has 1 rings (SSSR count). The van der Waals surface area contributed by atoms with Gasteiger partial charge < -0.3 is 5.41 Å². The van der Waals surface area contributed by atoms with Gasteiger partial charge in [0.15, 0.2) is 0 Å². The Morgan fingerprint density at radius 3 is 2.37 bits per heavy atom. The summed E-state index contributed by atoms with van der Waals surface area (Å²) in [7, 11) is -3.57. The molecule has 7 heteroatoms. The van der Waals surface area contributed by atoms with Gasteiger partial charge in [0.25, 0.3) is 10.1 Å². The third kappa shape index (κ3) is 5.79. The lowest BCUT2D eigenvalue weighted by molar-refractivity contribution is 0.105. The summed E-state index contributed by atoms with van der Waals surface area (Å²) in [5, 5.41) is 7.70. The average Bonchev–Trinajstić information content (AvgIpc) is 2.26. The molecular weight excluding hydrogens is 381 g/mol. The Hall–Kier alpha value is -0.800. The van der Waals surface area contributed by atoms with Crippen LogP contribution in [-0.2, 0) is 14.3 Å². The van der Waals surface area contributed by atoms with Gasteiger partial charge in [-0.2, -0.15) is 8.42 Å². The first-order valence-electron chi connectivity index (χ1n) is 5.45. The van der Waals surface area contributed by atoms with Gasteiger partial charge in [-0.1, -0.05) is 0 Å². The SMILES string of the molecule is C[C@H](CC(=N)C(=O)c1ccc(I)cc1)OS(C)(=O)=O. The first kappa shape index (κ1) is 16.3. The lowest BCUT2D eigenvalue weighted by Gasteiger charge is -2.11. The minimum atomic E-state index is -3.57. The van der Waals surface area contributed by atoms with Gasteiger partial charge in [0.05, 0.1) is 18.1 Å². The molecule has 1 aromatic carbocycles. The zero-order valence-corrected chi connectivity index (χ0v) is 13.5. The van der Waals surface area contributed by atoms with Gasteiger partial charge in [0.1, 0.15) is 0 Å². The van der Waals surface area contributed by atoms with E-state index in [-0.39, 0.29) is 12.1 Å². The lowest BCUT2D eigenvalue weighted by Crippen LogP contribution is -2.22. The molecule has 0 aromatic heterocycles. The van der Waals surface area contributed by atoms with E-state index in [0.29, 0.717) is 5.56 Å². The van der Waals surface area contributed by atoms with E-state index in [9.17, 15) is 13.2 Å². The quantitative estimate of drug-likeness (QED) is 0.347. The molecule has 104 valence electrons. The number of ketones is 1. The molecule has 0 aliphatic heterocycles. The second-order valence-electron chi connectivity index (χ2n) is 4.13. The van der Waals surface area contributed by atoms with Crippen molar-refractivity contribution >= 4 is 44.2 Å². The minimum Gasteiger partial charge on any atom is -0.301 e. The van der Waals surface area contributed by atoms with Crippen LogP contribution in [0.1, 0.15) is 23.7 Å². The zero-order chi connectivity index (χ0) is 14.6.